The van der Waals surface area contributed by atoms with Gasteiger partial charge in [0.25, 0.3) is 0 Å². The van der Waals surface area contributed by atoms with Gasteiger partial charge in [0.15, 0.2) is 0 Å². The fourth-order valence-corrected chi connectivity index (χ4v) is 2.94. The van der Waals surface area contributed by atoms with Gasteiger partial charge in [0, 0.05) is 25.3 Å². The van der Waals surface area contributed by atoms with Crippen molar-refractivity contribution in [3.8, 4) is 5.75 Å². The summed E-state index contributed by atoms with van der Waals surface area (Å²) in [5.74, 6) is 0.903. The molecule has 5 heteroatoms. The molecule has 0 aromatic heterocycles. The lowest BCUT2D eigenvalue weighted by atomic mass is 9.90. The Hall–Kier alpha value is -0.810. The number of nitrogens with zero attached hydrogens (tertiary/aromatic N) is 1. The zero-order valence-corrected chi connectivity index (χ0v) is 14.7. The van der Waals surface area contributed by atoms with Crippen molar-refractivity contribution in [1.82, 2.24) is 4.90 Å². The topological polar surface area (TPSA) is 47.7 Å². The van der Waals surface area contributed by atoms with Crippen LogP contribution in [-0.4, -0.2) is 38.3 Å². The molecular weight excluding hydrogens is 300 g/mol. The van der Waals surface area contributed by atoms with Crippen LogP contribution in [0.2, 0.25) is 0 Å². The monoisotopic (exact) mass is 328 g/mol. The van der Waals surface area contributed by atoms with Crippen molar-refractivity contribution in [1.29, 1.82) is 0 Å². The summed E-state index contributed by atoms with van der Waals surface area (Å²) in [7, 11) is 1.71. The molecule has 0 bridgehead atoms. The van der Waals surface area contributed by atoms with Crippen LogP contribution in [0.5, 0.6) is 5.75 Å². The molecule has 1 aromatic rings. The Morgan fingerprint density at radius 2 is 2.14 bits per heavy atom. The highest BCUT2D eigenvalue weighted by Gasteiger charge is 2.32. The second-order valence-corrected chi connectivity index (χ2v) is 6.26. The molecular formula is C17H29ClN2O2. The molecule has 0 radical (unpaired) electrons. The van der Waals surface area contributed by atoms with Crippen molar-refractivity contribution in [2.45, 2.75) is 33.4 Å². The first-order valence-electron chi connectivity index (χ1n) is 7.76. The molecule has 1 aromatic carbocycles. The third kappa shape index (κ3) is 4.85. The molecule has 1 saturated heterocycles. The van der Waals surface area contributed by atoms with Crippen LogP contribution in [0.4, 0.5) is 0 Å². The quantitative estimate of drug-likeness (QED) is 0.836. The largest absolute Gasteiger partial charge is 0.496 e. The second kappa shape index (κ2) is 8.73. The number of nitrogens with two attached hydrogens (primary N) is 1. The molecule has 1 aliphatic rings. The van der Waals surface area contributed by atoms with E-state index in [4.69, 9.17) is 15.2 Å². The van der Waals surface area contributed by atoms with Gasteiger partial charge in [-0.2, -0.15) is 0 Å². The van der Waals surface area contributed by atoms with Gasteiger partial charge in [-0.25, -0.2) is 0 Å². The molecule has 0 aliphatic carbocycles. The van der Waals surface area contributed by atoms with E-state index in [9.17, 15) is 0 Å². The standard InChI is InChI=1S/C17H28N2O2.ClH/c1-4-21-11-15-9-14(5-6-16(15)20-3)10-19-8-7-17(2,12-18)13-19;/h5-6,9H,4,7-8,10-13,18H2,1-3H3;1H. The second-order valence-electron chi connectivity index (χ2n) is 6.26. The molecule has 0 saturated carbocycles. The minimum Gasteiger partial charge on any atom is -0.496 e. The number of likely N-dealkylation sites (tertiary alicyclic amines) is 1. The summed E-state index contributed by atoms with van der Waals surface area (Å²) in [6.07, 6.45) is 1.19. The van der Waals surface area contributed by atoms with Crippen molar-refractivity contribution in [2.75, 3.05) is 33.4 Å². The fraction of sp³-hybridized carbons (Fsp3) is 0.647. The summed E-state index contributed by atoms with van der Waals surface area (Å²) in [6, 6.07) is 6.39. The zero-order valence-electron chi connectivity index (χ0n) is 13.9. The van der Waals surface area contributed by atoms with Crippen LogP contribution < -0.4 is 10.5 Å². The van der Waals surface area contributed by atoms with Crippen LogP contribution >= 0.6 is 12.4 Å². The highest BCUT2D eigenvalue weighted by Crippen LogP contribution is 2.30. The van der Waals surface area contributed by atoms with E-state index in [1.807, 2.05) is 13.0 Å². The molecule has 2 rings (SSSR count). The van der Waals surface area contributed by atoms with E-state index in [2.05, 4.69) is 24.0 Å². The highest BCUT2D eigenvalue weighted by atomic mass is 35.5. The summed E-state index contributed by atoms with van der Waals surface area (Å²) < 4.78 is 10.9. The van der Waals surface area contributed by atoms with Crippen molar-refractivity contribution in [2.24, 2.45) is 11.1 Å². The lowest BCUT2D eigenvalue weighted by Crippen LogP contribution is -2.31. The van der Waals surface area contributed by atoms with Crippen LogP contribution in [0.1, 0.15) is 31.4 Å². The third-order valence-electron chi connectivity index (χ3n) is 4.34. The average Bonchev–Trinajstić information content (AvgIpc) is 2.87. The Balaban J connectivity index is 0.00000242. The van der Waals surface area contributed by atoms with Gasteiger partial charge in [-0.3, -0.25) is 4.90 Å². The van der Waals surface area contributed by atoms with Crippen molar-refractivity contribution < 1.29 is 9.47 Å². The molecule has 2 N–H and O–H groups in total. The minimum atomic E-state index is 0. The van der Waals surface area contributed by atoms with Gasteiger partial charge in [0.1, 0.15) is 5.75 Å². The van der Waals surface area contributed by atoms with Crippen LogP contribution in [0.25, 0.3) is 0 Å². The van der Waals surface area contributed by atoms with Crippen LogP contribution in [0.15, 0.2) is 18.2 Å². The number of ether oxygens (including phenoxy) is 2. The maximum absolute atomic E-state index is 5.88. The lowest BCUT2D eigenvalue weighted by molar-refractivity contribution is 0.132. The average molecular weight is 329 g/mol. The van der Waals surface area contributed by atoms with Gasteiger partial charge in [0.2, 0.25) is 0 Å². The van der Waals surface area contributed by atoms with Crippen LogP contribution in [0, 0.1) is 5.41 Å². The molecule has 1 atom stereocenters. The van der Waals surface area contributed by atoms with Gasteiger partial charge in [-0.05, 0) is 49.5 Å². The summed E-state index contributed by atoms with van der Waals surface area (Å²) in [6.45, 7) is 9.55. The first kappa shape index (κ1) is 19.2. The van der Waals surface area contributed by atoms with Gasteiger partial charge in [-0.15, -0.1) is 12.4 Å². The van der Waals surface area contributed by atoms with Crippen molar-refractivity contribution >= 4 is 12.4 Å². The Labute approximate surface area is 140 Å². The molecule has 0 spiro atoms. The summed E-state index contributed by atoms with van der Waals surface area (Å²) in [5.41, 5.74) is 8.59. The van der Waals surface area contributed by atoms with E-state index in [-0.39, 0.29) is 17.8 Å². The van der Waals surface area contributed by atoms with Crippen LogP contribution in [-0.2, 0) is 17.9 Å². The fourth-order valence-electron chi connectivity index (χ4n) is 2.94. The van der Waals surface area contributed by atoms with Crippen molar-refractivity contribution in [3.05, 3.63) is 29.3 Å². The van der Waals surface area contributed by atoms with E-state index in [0.29, 0.717) is 13.2 Å². The van der Waals surface area contributed by atoms with Crippen LogP contribution in [0.3, 0.4) is 0 Å². The first-order valence-corrected chi connectivity index (χ1v) is 7.76. The Kier molecular flexibility index (Phi) is 7.63. The maximum atomic E-state index is 5.88. The number of rotatable bonds is 7. The molecule has 4 nitrogen and oxygen atoms in total. The number of halogens is 1. The Morgan fingerprint density at radius 1 is 1.36 bits per heavy atom. The number of hydrogen-bond donors (Lipinski definition) is 1. The lowest BCUT2D eigenvalue weighted by Gasteiger charge is -2.23. The Bertz CT molecular complexity index is 470. The molecule has 0 amide bonds. The third-order valence-corrected chi connectivity index (χ3v) is 4.34. The smallest absolute Gasteiger partial charge is 0.124 e. The maximum Gasteiger partial charge on any atom is 0.124 e. The minimum absolute atomic E-state index is 0. The summed E-state index contributed by atoms with van der Waals surface area (Å²) in [5, 5.41) is 0. The first-order chi connectivity index (χ1) is 10.1. The highest BCUT2D eigenvalue weighted by molar-refractivity contribution is 5.85. The van der Waals surface area contributed by atoms with E-state index in [0.717, 1.165) is 37.5 Å². The predicted molar refractivity (Wildman–Crippen MR) is 92.6 cm³/mol. The van der Waals surface area contributed by atoms with Gasteiger partial charge >= 0.3 is 0 Å². The molecule has 22 heavy (non-hydrogen) atoms. The van der Waals surface area contributed by atoms with Crippen molar-refractivity contribution in [3.63, 3.8) is 0 Å². The number of benzene rings is 1. The SMILES string of the molecule is CCOCc1cc(CN2CCC(C)(CN)C2)ccc1OC.Cl. The Morgan fingerprint density at radius 3 is 2.73 bits per heavy atom. The number of hydrogen-bond acceptors (Lipinski definition) is 4. The van der Waals surface area contributed by atoms with Gasteiger partial charge in [0.05, 0.1) is 13.7 Å². The van der Waals surface area contributed by atoms with Gasteiger partial charge in [-0.1, -0.05) is 13.0 Å². The van der Waals surface area contributed by atoms with Gasteiger partial charge < -0.3 is 15.2 Å². The molecule has 1 heterocycles. The summed E-state index contributed by atoms with van der Waals surface area (Å²) in [4.78, 5) is 2.49. The van der Waals surface area contributed by atoms with E-state index in [1.54, 1.807) is 7.11 Å². The zero-order chi connectivity index (χ0) is 15.3. The van der Waals surface area contributed by atoms with E-state index < -0.39 is 0 Å². The molecule has 126 valence electrons. The summed E-state index contributed by atoms with van der Waals surface area (Å²) >= 11 is 0. The molecule has 1 aliphatic heterocycles. The van der Waals surface area contributed by atoms with E-state index in [1.165, 1.54) is 12.0 Å². The van der Waals surface area contributed by atoms with E-state index >= 15 is 0 Å². The predicted octanol–water partition coefficient (Wildman–Crippen LogP) is 2.82. The molecule has 1 fully saturated rings. The number of methoxy groups -OCH3 is 1. The molecule has 1 unspecified atom stereocenters. The normalized spacial score (nSPS) is 21.6.